The summed E-state index contributed by atoms with van der Waals surface area (Å²) in [7, 11) is 0. The van der Waals surface area contributed by atoms with Crippen LogP contribution in [-0.2, 0) is 14.3 Å². The van der Waals surface area contributed by atoms with Crippen LogP contribution >= 0.6 is 0 Å². The number of hydrogen-bond donors (Lipinski definition) is 1. The molecule has 2 rings (SSSR count). The van der Waals surface area contributed by atoms with Gasteiger partial charge in [-0.05, 0) is 25.8 Å². The van der Waals surface area contributed by atoms with Gasteiger partial charge in [0.25, 0.3) is 5.91 Å². The predicted octanol–water partition coefficient (Wildman–Crippen LogP) is 1.96. The molecular formula is C16H20N2O6. The molecule has 1 aliphatic rings. The molecule has 0 aliphatic heterocycles. The summed E-state index contributed by atoms with van der Waals surface area (Å²) in [5, 5.41) is 13.7. The summed E-state index contributed by atoms with van der Waals surface area (Å²) >= 11 is 0. The van der Waals surface area contributed by atoms with Gasteiger partial charge in [0.15, 0.2) is 18.5 Å². The number of esters is 1. The van der Waals surface area contributed by atoms with Crippen LogP contribution in [0.15, 0.2) is 24.3 Å². The fourth-order valence-electron chi connectivity index (χ4n) is 2.54. The lowest BCUT2D eigenvalue weighted by atomic mass is 10.2. The molecule has 1 atom stereocenters. The normalized spacial score (nSPS) is 15.5. The predicted molar refractivity (Wildman–Crippen MR) is 84.5 cm³/mol. The van der Waals surface area contributed by atoms with E-state index in [2.05, 4.69) is 5.32 Å². The van der Waals surface area contributed by atoms with Crippen molar-refractivity contribution >= 4 is 17.6 Å². The number of para-hydroxylation sites is 2. The minimum Gasteiger partial charge on any atom is -0.475 e. The van der Waals surface area contributed by atoms with Crippen molar-refractivity contribution in [2.24, 2.45) is 0 Å². The van der Waals surface area contributed by atoms with Crippen molar-refractivity contribution in [3.05, 3.63) is 34.4 Å². The summed E-state index contributed by atoms with van der Waals surface area (Å²) in [6.45, 7) is 0.971. The third-order valence-corrected chi connectivity index (χ3v) is 3.79. The number of nitrogens with zero attached hydrogens (tertiary/aromatic N) is 1. The molecule has 0 bridgehead atoms. The summed E-state index contributed by atoms with van der Waals surface area (Å²) < 4.78 is 10.1. The van der Waals surface area contributed by atoms with E-state index < -0.39 is 23.6 Å². The van der Waals surface area contributed by atoms with E-state index in [0.717, 1.165) is 25.7 Å². The van der Waals surface area contributed by atoms with Gasteiger partial charge < -0.3 is 14.8 Å². The van der Waals surface area contributed by atoms with E-state index in [0.29, 0.717) is 0 Å². The van der Waals surface area contributed by atoms with Crippen molar-refractivity contribution in [2.75, 3.05) is 6.61 Å². The molecule has 0 heterocycles. The zero-order valence-electron chi connectivity index (χ0n) is 13.4. The lowest BCUT2D eigenvalue weighted by molar-refractivity contribution is -0.385. The minimum absolute atomic E-state index is 0.0255. The number of benzene rings is 1. The highest BCUT2D eigenvalue weighted by atomic mass is 16.6. The summed E-state index contributed by atoms with van der Waals surface area (Å²) in [6.07, 6.45) is 3.11. The number of rotatable bonds is 7. The highest BCUT2D eigenvalue weighted by molar-refractivity contribution is 5.83. The Bertz CT molecular complexity index is 612. The van der Waals surface area contributed by atoms with Crippen molar-refractivity contribution in [1.29, 1.82) is 0 Å². The van der Waals surface area contributed by atoms with Gasteiger partial charge in [0.1, 0.15) is 0 Å². The van der Waals surface area contributed by atoms with Crippen LogP contribution in [-0.4, -0.2) is 35.6 Å². The number of carbonyl (C=O) groups excluding carboxylic acids is 2. The molecule has 0 spiro atoms. The number of nitro benzene ring substituents is 1. The standard InChI is InChI=1S/C16H20N2O6/c1-11(16(20)17-12-6-2-3-7-12)24-15(19)10-23-14-9-5-4-8-13(14)18(21)22/h4-5,8-9,11-12H,2-3,6-7,10H2,1H3,(H,17,20). The number of amides is 1. The molecule has 0 radical (unpaired) electrons. The van der Waals surface area contributed by atoms with Crippen molar-refractivity contribution in [1.82, 2.24) is 5.32 Å². The Kier molecular flexibility index (Phi) is 6.11. The Morgan fingerprint density at radius 1 is 1.33 bits per heavy atom. The van der Waals surface area contributed by atoms with Gasteiger partial charge in [-0.1, -0.05) is 25.0 Å². The second-order valence-electron chi connectivity index (χ2n) is 5.64. The molecule has 1 aliphatic carbocycles. The number of hydrogen-bond acceptors (Lipinski definition) is 6. The average Bonchev–Trinajstić information content (AvgIpc) is 3.06. The molecule has 1 unspecified atom stereocenters. The molecule has 1 fully saturated rings. The van der Waals surface area contributed by atoms with Crippen LogP contribution in [0.25, 0.3) is 0 Å². The maximum Gasteiger partial charge on any atom is 0.344 e. The van der Waals surface area contributed by atoms with Gasteiger partial charge in [-0.2, -0.15) is 0 Å². The first kappa shape index (κ1) is 17.7. The fourth-order valence-corrected chi connectivity index (χ4v) is 2.54. The Morgan fingerprint density at radius 2 is 2.00 bits per heavy atom. The van der Waals surface area contributed by atoms with Crippen LogP contribution in [0.5, 0.6) is 5.75 Å². The van der Waals surface area contributed by atoms with E-state index in [1.807, 2.05) is 0 Å². The molecule has 24 heavy (non-hydrogen) atoms. The molecule has 1 aromatic carbocycles. The number of nitrogens with one attached hydrogen (secondary N) is 1. The number of nitro groups is 1. The second-order valence-corrected chi connectivity index (χ2v) is 5.64. The summed E-state index contributed by atoms with van der Waals surface area (Å²) in [5.41, 5.74) is -0.239. The van der Waals surface area contributed by atoms with Gasteiger partial charge in [0.2, 0.25) is 0 Å². The van der Waals surface area contributed by atoms with E-state index >= 15 is 0 Å². The molecule has 0 aromatic heterocycles. The van der Waals surface area contributed by atoms with Crippen molar-refractivity contribution in [2.45, 2.75) is 44.8 Å². The van der Waals surface area contributed by atoms with Gasteiger partial charge in [-0.3, -0.25) is 14.9 Å². The molecule has 1 amide bonds. The lowest BCUT2D eigenvalue weighted by Crippen LogP contribution is -2.41. The van der Waals surface area contributed by atoms with Crippen LogP contribution in [0, 0.1) is 10.1 Å². The van der Waals surface area contributed by atoms with E-state index in [1.165, 1.54) is 25.1 Å². The molecule has 1 saturated carbocycles. The SMILES string of the molecule is CC(OC(=O)COc1ccccc1[N+](=O)[O-])C(=O)NC1CCCC1. The van der Waals surface area contributed by atoms with E-state index in [1.54, 1.807) is 6.07 Å². The third kappa shape index (κ3) is 4.94. The zero-order valence-corrected chi connectivity index (χ0v) is 13.4. The topological polar surface area (TPSA) is 108 Å². The first-order valence-corrected chi connectivity index (χ1v) is 7.83. The monoisotopic (exact) mass is 336 g/mol. The van der Waals surface area contributed by atoms with Gasteiger partial charge >= 0.3 is 11.7 Å². The van der Waals surface area contributed by atoms with E-state index in [4.69, 9.17) is 9.47 Å². The zero-order chi connectivity index (χ0) is 17.5. The molecular weight excluding hydrogens is 316 g/mol. The summed E-state index contributed by atoms with van der Waals surface area (Å²) in [4.78, 5) is 33.9. The Balaban J connectivity index is 1.80. The van der Waals surface area contributed by atoms with Crippen LogP contribution in [0.1, 0.15) is 32.6 Å². The van der Waals surface area contributed by atoms with Crippen molar-refractivity contribution < 1.29 is 24.0 Å². The maximum absolute atomic E-state index is 11.9. The van der Waals surface area contributed by atoms with Crippen LogP contribution < -0.4 is 10.1 Å². The Labute approximate surface area is 139 Å². The first-order valence-electron chi connectivity index (χ1n) is 7.83. The largest absolute Gasteiger partial charge is 0.475 e. The number of ether oxygens (including phenoxy) is 2. The molecule has 1 aromatic rings. The van der Waals surface area contributed by atoms with Crippen molar-refractivity contribution in [3.63, 3.8) is 0 Å². The van der Waals surface area contributed by atoms with Gasteiger partial charge in [-0.15, -0.1) is 0 Å². The van der Waals surface area contributed by atoms with Crippen LogP contribution in [0.3, 0.4) is 0 Å². The van der Waals surface area contributed by atoms with E-state index in [-0.39, 0.29) is 23.4 Å². The highest BCUT2D eigenvalue weighted by Gasteiger charge is 2.23. The van der Waals surface area contributed by atoms with Crippen LogP contribution in [0.4, 0.5) is 5.69 Å². The molecule has 130 valence electrons. The van der Waals surface area contributed by atoms with Gasteiger partial charge in [-0.25, -0.2) is 4.79 Å². The summed E-state index contributed by atoms with van der Waals surface area (Å²) in [5.74, 6) is -1.13. The fraction of sp³-hybridized carbons (Fsp3) is 0.500. The molecule has 1 N–H and O–H groups in total. The summed E-state index contributed by atoms with van der Waals surface area (Å²) in [6, 6.07) is 5.87. The highest BCUT2D eigenvalue weighted by Crippen LogP contribution is 2.25. The Hall–Kier alpha value is -2.64. The smallest absolute Gasteiger partial charge is 0.344 e. The van der Waals surface area contributed by atoms with Crippen LogP contribution in [0.2, 0.25) is 0 Å². The quantitative estimate of drug-likeness (QED) is 0.463. The first-order chi connectivity index (χ1) is 11.5. The molecule has 8 heteroatoms. The molecule has 8 nitrogen and oxygen atoms in total. The third-order valence-electron chi connectivity index (χ3n) is 3.79. The Morgan fingerprint density at radius 3 is 2.67 bits per heavy atom. The molecule has 0 saturated heterocycles. The van der Waals surface area contributed by atoms with E-state index in [9.17, 15) is 19.7 Å². The minimum atomic E-state index is -0.938. The maximum atomic E-state index is 11.9. The second kappa shape index (κ2) is 8.28. The van der Waals surface area contributed by atoms with Gasteiger partial charge in [0.05, 0.1) is 4.92 Å². The van der Waals surface area contributed by atoms with Gasteiger partial charge in [0, 0.05) is 12.1 Å². The average molecular weight is 336 g/mol. The lowest BCUT2D eigenvalue weighted by Gasteiger charge is -2.17. The number of carbonyl (C=O) groups is 2. The van der Waals surface area contributed by atoms with Crippen molar-refractivity contribution in [3.8, 4) is 5.75 Å².